The summed E-state index contributed by atoms with van der Waals surface area (Å²) in [6.45, 7) is 0.777. The molecule has 1 aliphatic heterocycles. The van der Waals surface area contributed by atoms with Crippen molar-refractivity contribution in [1.82, 2.24) is 0 Å². The summed E-state index contributed by atoms with van der Waals surface area (Å²) >= 11 is 8.59. The third kappa shape index (κ3) is 1.99. The molecule has 2 nitrogen and oxygen atoms in total. The maximum atomic E-state index is 5.92. The quantitative estimate of drug-likeness (QED) is 0.860. The average Bonchev–Trinajstić information content (AvgIpc) is 2.60. The average molecular weight is 327 g/mol. The topological polar surface area (TPSA) is 35.2 Å². The fraction of sp³-hybridized carbons (Fsp3) is 0.500. The molecule has 0 bridgehead atoms. The lowest BCUT2D eigenvalue weighted by molar-refractivity contribution is 0.108. The van der Waals surface area contributed by atoms with Crippen LogP contribution >= 0.6 is 43.2 Å². The first-order valence-electron chi connectivity index (χ1n) is 4.00. The van der Waals surface area contributed by atoms with Crippen LogP contribution < -0.4 is 5.73 Å². The van der Waals surface area contributed by atoms with Gasteiger partial charge in [-0.25, -0.2) is 0 Å². The van der Waals surface area contributed by atoms with Crippen molar-refractivity contribution in [3.05, 3.63) is 19.2 Å². The van der Waals surface area contributed by atoms with Gasteiger partial charge >= 0.3 is 0 Å². The lowest BCUT2D eigenvalue weighted by Gasteiger charge is -2.11. The van der Waals surface area contributed by atoms with Gasteiger partial charge in [0.15, 0.2) is 0 Å². The highest BCUT2D eigenvalue weighted by molar-refractivity contribution is 9.13. The van der Waals surface area contributed by atoms with Gasteiger partial charge in [0.05, 0.1) is 3.79 Å². The van der Waals surface area contributed by atoms with Gasteiger partial charge in [-0.05, 0) is 44.3 Å². The van der Waals surface area contributed by atoms with Gasteiger partial charge in [-0.3, -0.25) is 0 Å². The molecule has 0 saturated carbocycles. The highest BCUT2D eigenvalue weighted by Gasteiger charge is 2.28. The number of nitrogens with two attached hydrogens (primary N) is 1. The maximum absolute atomic E-state index is 5.92. The summed E-state index contributed by atoms with van der Waals surface area (Å²) in [6.07, 6.45) is 1.05. The van der Waals surface area contributed by atoms with E-state index < -0.39 is 0 Å². The molecule has 1 aliphatic rings. The van der Waals surface area contributed by atoms with Crippen LogP contribution in [0.1, 0.15) is 17.4 Å². The maximum Gasteiger partial charge on any atom is 0.107 e. The molecule has 0 spiro atoms. The van der Waals surface area contributed by atoms with Crippen LogP contribution in [-0.2, 0) is 4.74 Å². The van der Waals surface area contributed by atoms with E-state index in [0.29, 0.717) is 0 Å². The van der Waals surface area contributed by atoms with E-state index in [1.165, 1.54) is 4.88 Å². The van der Waals surface area contributed by atoms with Crippen molar-refractivity contribution >= 4 is 43.2 Å². The zero-order valence-corrected chi connectivity index (χ0v) is 10.8. The number of halogens is 2. The second-order valence-electron chi connectivity index (χ2n) is 3.01. The first-order valence-corrected chi connectivity index (χ1v) is 6.40. The van der Waals surface area contributed by atoms with Crippen LogP contribution in [0, 0.1) is 0 Å². The summed E-state index contributed by atoms with van der Waals surface area (Å²) in [5, 5.41) is 0. The largest absolute Gasteiger partial charge is 0.371 e. The molecule has 1 aromatic rings. The van der Waals surface area contributed by atoms with Crippen molar-refractivity contribution in [3.63, 3.8) is 0 Å². The molecule has 2 rings (SSSR count). The molecule has 2 unspecified atom stereocenters. The van der Waals surface area contributed by atoms with Crippen LogP contribution in [-0.4, -0.2) is 12.6 Å². The van der Waals surface area contributed by atoms with Crippen molar-refractivity contribution in [2.75, 3.05) is 6.61 Å². The van der Waals surface area contributed by atoms with Gasteiger partial charge in [0, 0.05) is 22.0 Å². The number of ether oxygens (including phenoxy) is 1. The molecule has 0 aromatic carbocycles. The summed E-state index contributed by atoms with van der Waals surface area (Å²) in [4.78, 5) is 1.20. The molecular weight excluding hydrogens is 318 g/mol. The van der Waals surface area contributed by atoms with Gasteiger partial charge in [-0.2, -0.15) is 0 Å². The van der Waals surface area contributed by atoms with Gasteiger partial charge in [0.25, 0.3) is 0 Å². The fourth-order valence-corrected chi connectivity index (χ4v) is 3.62. The summed E-state index contributed by atoms with van der Waals surface area (Å²) in [5.41, 5.74) is 5.92. The minimum Gasteiger partial charge on any atom is -0.371 e. The smallest absolute Gasteiger partial charge is 0.107 e. The van der Waals surface area contributed by atoms with Crippen molar-refractivity contribution in [2.24, 2.45) is 5.73 Å². The van der Waals surface area contributed by atoms with Crippen LogP contribution in [0.15, 0.2) is 14.3 Å². The van der Waals surface area contributed by atoms with Crippen LogP contribution in [0.25, 0.3) is 0 Å². The molecule has 5 heteroatoms. The van der Waals surface area contributed by atoms with Gasteiger partial charge in [-0.15, -0.1) is 11.3 Å². The summed E-state index contributed by atoms with van der Waals surface area (Å²) in [7, 11) is 0. The Bertz CT molecular complexity index is 296. The van der Waals surface area contributed by atoms with E-state index in [9.17, 15) is 0 Å². The Morgan fingerprint density at radius 1 is 1.54 bits per heavy atom. The monoisotopic (exact) mass is 325 g/mol. The zero-order valence-electron chi connectivity index (χ0n) is 6.80. The number of hydrogen-bond acceptors (Lipinski definition) is 3. The normalized spacial score (nSPS) is 28.2. The van der Waals surface area contributed by atoms with E-state index in [1.54, 1.807) is 11.3 Å². The van der Waals surface area contributed by atoms with Gasteiger partial charge in [0.2, 0.25) is 0 Å². The molecule has 0 amide bonds. The molecule has 2 heterocycles. The second-order valence-corrected chi connectivity index (χ2v) is 6.27. The number of thiophene rings is 1. The first kappa shape index (κ1) is 10.1. The lowest BCUT2D eigenvalue weighted by atomic mass is 10.1. The van der Waals surface area contributed by atoms with Gasteiger partial charge < -0.3 is 10.5 Å². The molecular formula is C8H9Br2NOS. The van der Waals surface area contributed by atoms with Crippen molar-refractivity contribution in [3.8, 4) is 0 Å². The standard InChI is InChI=1S/C8H9Br2NOS/c9-4-3-6(13-8(4)10)7-5(11)1-2-12-7/h3,5,7H,1-2,11H2. The molecule has 1 saturated heterocycles. The third-order valence-electron chi connectivity index (χ3n) is 2.08. The van der Waals surface area contributed by atoms with E-state index in [1.807, 2.05) is 0 Å². The summed E-state index contributed by atoms with van der Waals surface area (Å²) in [6, 6.07) is 2.22. The Balaban J connectivity index is 2.24. The van der Waals surface area contributed by atoms with Crippen molar-refractivity contribution < 1.29 is 4.74 Å². The Hall–Kier alpha value is 0.580. The highest BCUT2D eigenvalue weighted by atomic mass is 79.9. The lowest BCUT2D eigenvalue weighted by Crippen LogP contribution is -2.22. The minimum atomic E-state index is 0.0904. The van der Waals surface area contributed by atoms with E-state index >= 15 is 0 Å². The van der Waals surface area contributed by atoms with Gasteiger partial charge in [0.1, 0.15) is 6.10 Å². The fourth-order valence-electron chi connectivity index (χ4n) is 1.40. The second kappa shape index (κ2) is 3.98. The highest BCUT2D eigenvalue weighted by Crippen LogP contribution is 2.39. The number of rotatable bonds is 1. The third-order valence-corrected chi connectivity index (χ3v) is 5.40. The van der Waals surface area contributed by atoms with E-state index in [2.05, 4.69) is 37.9 Å². The van der Waals surface area contributed by atoms with Gasteiger partial charge in [-0.1, -0.05) is 0 Å². The predicted molar refractivity (Wildman–Crippen MR) is 61.0 cm³/mol. The Labute approximate surface area is 97.7 Å². The van der Waals surface area contributed by atoms with E-state index in [4.69, 9.17) is 10.5 Å². The van der Waals surface area contributed by atoms with Crippen molar-refractivity contribution in [1.29, 1.82) is 0 Å². The minimum absolute atomic E-state index is 0.0904. The Kier molecular flexibility index (Phi) is 3.10. The predicted octanol–water partition coefficient (Wildman–Crippen LogP) is 3.06. The molecule has 1 fully saturated rings. The zero-order chi connectivity index (χ0) is 9.42. The molecule has 0 aliphatic carbocycles. The SMILES string of the molecule is NC1CCOC1c1cc(Br)c(Br)s1. The molecule has 1 aromatic heterocycles. The summed E-state index contributed by atoms with van der Waals surface area (Å²) in [5.74, 6) is 0. The molecule has 2 atom stereocenters. The Morgan fingerprint density at radius 3 is 2.77 bits per heavy atom. The molecule has 2 N–H and O–H groups in total. The van der Waals surface area contributed by atoms with Crippen LogP contribution in [0.3, 0.4) is 0 Å². The molecule has 72 valence electrons. The number of hydrogen-bond donors (Lipinski definition) is 1. The van der Waals surface area contributed by atoms with Crippen LogP contribution in [0.2, 0.25) is 0 Å². The van der Waals surface area contributed by atoms with Crippen molar-refractivity contribution in [2.45, 2.75) is 18.6 Å². The molecule has 0 radical (unpaired) electrons. The van der Waals surface area contributed by atoms with Crippen LogP contribution in [0.4, 0.5) is 0 Å². The molecule has 13 heavy (non-hydrogen) atoms. The van der Waals surface area contributed by atoms with E-state index in [-0.39, 0.29) is 12.1 Å². The Morgan fingerprint density at radius 2 is 2.31 bits per heavy atom. The summed E-state index contributed by atoms with van der Waals surface area (Å²) < 4.78 is 7.74. The first-order chi connectivity index (χ1) is 6.18. The van der Waals surface area contributed by atoms with E-state index in [0.717, 1.165) is 21.3 Å². The van der Waals surface area contributed by atoms with Crippen LogP contribution in [0.5, 0.6) is 0 Å².